The zero-order valence-electron chi connectivity index (χ0n) is 20.8. The lowest BCUT2D eigenvalue weighted by atomic mass is 9.94. The summed E-state index contributed by atoms with van der Waals surface area (Å²) >= 11 is 1.30. The number of fused-ring (bicyclic) bond motifs is 1. The van der Waals surface area contributed by atoms with Crippen molar-refractivity contribution in [3.63, 3.8) is 0 Å². The maximum absolute atomic E-state index is 13.7. The fourth-order valence-electron chi connectivity index (χ4n) is 4.76. The smallest absolute Gasteiger partial charge is 0.334 e. The SMILES string of the molecule is CC(O)C1=CS[C@H]2[C@H](NC(=O)Cc3ccccc3)C(=O)N2C1C(=O)OC(c1ccccc1)c1ccccc1. The molecule has 2 amide bonds. The Hall–Kier alpha value is -3.88. The number of benzene rings is 3. The van der Waals surface area contributed by atoms with E-state index in [1.807, 2.05) is 91.0 Å². The molecule has 194 valence electrons. The number of hydrogen-bond donors (Lipinski definition) is 2. The number of hydrogen-bond acceptors (Lipinski definition) is 6. The van der Waals surface area contributed by atoms with E-state index in [1.165, 1.54) is 16.7 Å². The molecule has 1 saturated heterocycles. The highest BCUT2D eigenvalue weighted by Crippen LogP contribution is 2.42. The highest BCUT2D eigenvalue weighted by molar-refractivity contribution is 8.03. The minimum atomic E-state index is -1.09. The van der Waals surface area contributed by atoms with Gasteiger partial charge < -0.3 is 20.1 Å². The van der Waals surface area contributed by atoms with E-state index in [1.54, 1.807) is 12.3 Å². The average molecular weight is 529 g/mol. The van der Waals surface area contributed by atoms with Gasteiger partial charge in [0.1, 0.15) is 11.4 Å². The van der Waals surface area contributed by atoms with E-state index in [9.17, 15) is 19.5 Å². The minimum absolute atomic E-state index is 0.151. The summed E-state index contributed by atoms with van der Waals surface area (Å²) < 4.78 is 6.06. The third-order valence-corrected chi connectivity index (χ3v) is 7.87. The molecule has 0 radical (unpaired) electrons. The summed E-state index contributed by atoms with van der Waals surface area (Å²) in [5, 5.41) is 14.5. The Bertz CT molecular complexity index is 1290. The Morgan fingerprint density at radius 2 is 1.50 bits per heavy atom. The Balaban J connectivity index is 1.36. The van der Waals surface area contributed by atoms with E-state index in [2.05, 4.69) is 5.32 Å². The van der Waals surface area contributed by atoms with Crippen LogP contribution in [0.4, 0.5) is 0 Å². The van der Waals surface area contributed by atoms with Gasteiger partial charge in [-0.05, 0) is 34.6 Å². The first kappa shape index (κ1) is 25.8. The Labute approximate surface area is 225 Å². The van der Waals surface area contributed by atoms with Gasteiger partial charge in [0.15, 0.2) is 12.1 Å². The molecule has 3 aromatic carbocycles. The number of rotatable bonds is 8. The lowest BCUT2D eigenvalue weighted by Gasteiger charge is -2.52. The standard InChI is InChI=1S/C30H28N2O5S/c1-19(33)23-18-38-29-25(31-24(34)17-20-11-5-2-6-12-20)28(35)32(29)26(23)30(36)37-27(21-13-7-3-8-14-21)22-15-9-4-10-16-22/h2-16,18-19,25-27,29,33H,17H2,1H3,(H,31,34)/t19?,25-,26?,29+/m1/s1. The van der Waals surface area contributed by atoms with Crippen LogP contribution in [0.1, 0.15) is 29.7 Å². The normalized spacial score (nSPS) is 21.1. The van der Waals surface area contributed by atoms with Crippen LogP contribution in [0, 0.1) is 0 Å². The molecule has 5 rings (SSSR count). The third kappa shape index (κ3) is 5.23. The maximum Gasteiger partial charge on any atom is 0.334 e. The first-order chi connectivity index (χ1) is 18.4. The van der Waals surface area contributed by atoms with E-state index in [0.717, 1.165) is 16.7 Å². The van der Waals surface area contributed by atoms with Crippen molar-refractivity contribution in [2.45, 2.75) is 43.0 Å². The number of carbonyl (C=O) groups is 3. The number of β-lactam (4-membered cyclic amide) rings is 1. The molecule has 0 saturated carbocycles. The topological polar surface area (TPSA) is 95.9 Å². The number of esters is 1. The molecule has 7 nitrogen and oxygen atoms in total. The molecule has 2 unspecified atom stereocenters. The fourth-order valence-corrected chi connectivity index (χ4v) is 6.08. The van der Waals surface area contributed by atoms with Gasteiger partial charge in [0.05, 0.1) is 12.5 Å². The van der Waals surface area contributed by atoms with Crippen molar-refractivity contribution in [1.82, 2.24) is 10.2 Å². The summed E-state index contributed by atoms with van der Waals surface area (Å²) in [6, 6.07) is 26.2. The van der Waals surface area contributed by atoms with Crippen molar-refractivity contribution >= 4 is 29.5 Å². The first-order valence-corrected chi connectivity index (χ1v) is 13.4. The van der Waals surface area contributed by atoms with Crippen molar-refractivity contribution in [3.8, 4) is 0 Å². The first-order valence-electron chi connectivity index (χ1n) is 12.4. The van der Waals surface area contributed by atoms with Crippen molar-refractivity contribution in [2.24, 2.45) is 0 Å². The molecule has 0 bridgehead atoms. The number of nitrogens with one attached hydrogen (secondary N) is 1. The number of carbonyl (C=O) groups excluding carboxylic acids is 3. The van der Waals surface area contributed by atoms with Crippen LogP contribution in [-0.2, 0) is 25.5 Å². The van der Waals surface area contributed by atoms with Crippen molar-refractivity contribution in [2.75, 3.05) is 0 Å². The number of aliphatic hydroxyl groups is 1. The average Bonchev–Trinajstić information content (AvgIpc) is 2.95. The highest BCUT2D eigenvalue weighted by Gasteiger charge is 2.56. The van der Waals surface area contributed by atoms with Gasteiger partial charge in [0.2, 0.25) is 11.8 Å². The van der Waals surface area contributed by atoms with Gasteiger partial charge in [-0.2, -0.15) is 0 Å². The third-order valence-electron chi connectivity index (χ3n) is 6.69. The molecule has 1 fully saturated rings. The van der Waals surface area contributed by atoms with Crippen LogP contribution >= 0.6 is 11.8 Å². The molecule has 0 aromatic heterocycles. The predicted molar refractivity (Wildman–Crippen MR) is 145 cm³/mol. The quantitative estimate of drug-likeness (QED) is 0.343. The zero-order valence-corrected chi connectivity index (χ0v) is 21.6. The number of aliphatic hydroxyl groups excluding tert-OH is 1. The lowest BCUT2D eigenvalue weighted by Crippen LogP contribution is -2.74. The van der Waals surface area contributed by atoms with Gasteiger partial charge in [-0.3, -0.25) is 9.59 Å². The van der Waals surface area contributed by atoms with Crippen LogP contribution in [0.15, 0.2) is 102 Å². The molecular weight excluding hydrogens is 500 g/mol. The fraction of sp³-hybridized carbons (Fsp3) is 0.233. The van der Waals surface area contributed by atoms with Crippen LogP contribution in [0.2, 0.25) is 0 Å². The minimum Gasteiger partial charge on any atom is -0.451 e. The largest absolute Gasteiger partial charge is 0.451 e. The summed E-state index contributed by atoms with van der Waals surface area (Å²) in [6.45, 7) is 1.56. The van der Waals surface area contributed by atoms with Gasteiger partial charge in [-0.25, -0.2) is 4.79 Å². The van der Waals surface area contributed by atoms with Gasteiger partial charge in [-0.1, -0.05) is 91.0 Å². The van der Waals surface area contributed by atoms with Gasteiger partial charge in [0.25, 0.3) is 0 Å². The molecule has 2 N–H and O–H groups in total. The molecule has 3 aromatic rings. The molecule has 38 heavy (non-hydrogen) atoms. The second-order valence-corrected chi connectivity index (χ2v) is 10.3. The molecule has 4 atom stereocenters. The summed E-state index contributed by atoms with van der Waals surface area (Å²) in [4.78, 5) is 41.0. The zero-order chi connectivity index (χ0) is 26.6. The van der Waals surface area contributed by atoms with E-state index >= 15 is 0 Å². The Morgan fingerprint density at radius 1 is 0.947 bits per heavy atom. The number of ether oxygens (including phenoxy) is 1. The number of nitrogens with zero attached hydrogens (tertiary/aromatic N) is 1. The van der Waals surface area contributed by atoms with E-state index in [-0.39, 0.29) is 18.2 Å². The number of amides is 2. The summed E-state index contributed by atoms with van der Waals surface area (Å²) in [5.41, 5.74) is 2.81. The predicted octanol–water partition coefficient (Wildman–Crippen LogP) is 3.60. The van der Waals surface area contributed by atoms with Crippen LogP contribution in [0.25, 0.3) is 0 Å². The molecule has 0 aliphatic carbocycles. The number of thioether (sulfide) groups is 1. The summed E-state index contributed by atoms with van der Waals surface area (Å²) in [7, 11) is 0. The molecule has 0 spiro atoms. The lowest BCUT2D eigenvalue weighted by molar-refractivity contribution is -0.166. The Kier molecular flexibility index (Phi) is 7.62. The van der Waals surface area contributed by atoms with Crippen LogP contribution in [0.3, 0.4) is 0 Å². The second kappa shape index (κ2) is 11.2. The van der Waals surface area contributed by atoms with Crippen LogP contribution in [-0.4, -0.2) is 51.4 Å². The van der Waals surface area contributed by atoms with E-state index in [0.29, 0.717) is 5.57 Å². The molecular formula is C30H28N2O5S. The second-order valence-electron chi connectivity index (χ2n) is 9.31. The van der Waals surface area contributed by atoms with Crippen molar-refractivity contribution in [1.29, 1.82) is 0 Å². The highest BCUT2D eigenvalue weighted by atomic mass is 32.2. The van der Waals surface area contributed by atoms with Gasteiger partial charge in [0, 0.05) is 0 Å². The van der Waals surface area contributed by atoms with Crippen LogP contribution < -0.4 is 5.32 Å². The maximum atomic E-state index is 13.7. The van der Waals surface area contributed by atoms with Gasteiger partial charge >= 0.3 is 5.97 Å². The molecule has 8 heteroatoms. The molecule has 2 aliphatic rings. The van der Waals surface area contributed by atoms with E-state index in [4.69, 9.17) is 4.74 Å². The molecule has 2 aliphatic heterocycles. The summed E-state index contributed by atoms with van der Waals surface area (Å²) in [6.07, 6.45) is -1.50. The Morgan fingerprint density at radius 3 is 2.05 bits per heavy atom. The van der Waals surface area contributed by atoms with Crippen molar-refractivity contribution in [3.05, 3.63) is 119 Å². The molecule has 2 heterocycles. The monoisotopic (exact) mass is 528 g/mol. The summed E-state index contributed by atoms with van der Waals surface area (Å²) in [5.74, 6) is -1.29. The van der Waals surface area contributed by atoms with Crippen LogP contribution in [0.5, 0.6) is 0 Å². The van der Waals surface area contributed by atoms with E-state index < -0.39 is 35.6 Å². The van der Waals surface area contributed by atoms with Crippen molar-refractivity contribution < 1.29 is 24.2 Å². The van der Waals surface area contributed by atoms with Gasteiger partial charge in [-0.15, -0.1) is 11.8 Å².